The van der Waals surface area contributed by atoms with Crippen molar-refractivity contribution in [3.63, 3.8) is 0 Å². The highest BCUT2D eigenvalue weighted by Crippen LogP contribution is 2.17. The zero-order chi connectivity index (χ0) is 17.6. The molecule has 0 aromatic heterocycles. The molecule has 2 aromatic carbocycles. The highest BCUT2D eigenvalue weighted by atomic mass is 19.1. The fraction of sp³-hybridized carbons (Fsp3) is 0.316. The first kappa shape index (κ1) is 17.1. The Labute approximate surface area is 147 Å². The second-order valence-corrected chi connectivity index (χ2v) is 6.11. The van der Waals surface area contributed by atoms with Crippen LogP contribution in [0.1, 0.15) is 5.56 Å². The lowest BCUT2D eigenvalue weighted by Gasteiger charge is -2.36. The van der Waals surface area contributed by atoms with Crippen LogP contribution in [0.2, 0.25) is 0 Å². The molecular weight excluding hydrogens is 319 g/mol. The van der Waals surface area contributed by atoms with E-state index in [1.165, 1.54) is 12.1 Å². The SMILES string of the molecule is NC(=NCCc1cccc(O)c1)N1CCN(c2ccc(F)cc2)CC1. The number of phenols is 1. The van der Waals surface area contributed by atoms with Crippen LogP contribution in [-0.2, 0) is 6.42 Å². The molecule has 5 nitrogen and oxygen atoms in total. The fourth-order valence-electron chi connectivity index (χ4n) is 2.96. The van der Waals surface area contributed by atoms with Gasteiger partial charge in [-0.25, -0.2) is 4.39 Å². The van der Waals surface area contributed by atoms with Crippen LogP contribution in [0.15, 0.2) is 53.5 Å². The van der Waals surface area contributed by atoms with Crippen LogP contribution >= 0.6 is 0 Å². The smallest absolute Gasteiger partial charge is 0.191 e. The number of piperazine rings is 1. The number of hydrogen-bond acceptors (Lipinski definition) is 3. The highest BCUT2D eigenvalue weighted by Gasteiger charge is 2.18. The lowest BCUT2D eigenvalue weighted by atomic mass is 10.1. The molecule has 0 bridgehead atoms. The van der Waals surface area contributed by atoms with Crippen LogP contribution in [0.3, 0.4) is 0 Å². The first-order valence-electron chi connectivity index (χ1n) is 8.45. The van der Waals surface area contributed by atoms with Crippen LogP contribution in [0.25, 0.3) is 0 Å². The van der Waals surface area contributed by atoms with Crippen molar-refractivity contribution in [2.24, 2.45) is 10.7 Å². The molecule has 0 unspecified atom stereocenters. The largest absolute Gasteiger partial charge is 0.508 e. The number of halogens is 1. The summed E-state index contributed by atoms with van der Waals surface area (Å²) < 4.78 is 13.0. The average molecular weight is 342 g/mol. The van der Waals surface area contributed by atoms with Gasteiger partial charge in [-0.1, -0.05) is 12.1 Å². The summed E-state index contributed by atoms with van der Waals surface area (Å²) in [7, 11) is 0. The Morgan fingerprint density at radius 3 is 2.48 bits per heavy atom. The number of anilines is 1. The minimum Gasteiger partial charge on any atom is -0.508 e. The van der Waals surface area contributed by atoms with E-state index >= 15 is 0 Å². The summed E-state index contributed by atoms with van der Waals surface area (Å²) in [5.74, 6) is 0.607. The van der Waals surface area contributed by atoms with Crippen molar-refractivity contribution in [2.75, 3.05) is 37.6 Å². The van der Waals surface area contributed by atoms with Gasteiger partial charge in [-0.2, -0.15) is 0 Å². The molecule has 3 rings (SSSR count). The Bertz CT molecular complexity index is 724. The number of rotatable bonds is 4. The molecule has 0 saturated carbocycles. The van der Waals surface area contributed by atoms with E-state index < -0.39 is 0 Å². The van der Waals surface area contributed by atoms with Crippen LogP contribution in [0, 0.1) is 5.82 Å². The minimum absolute atomic E-state index is 0.217. The molecule has 25 heavy (non-hydrogen) atoms. The molecule has 6 heteroatoms. The zero-order valence-electron chi connectivity index (χ0n) is 14.1. The quantitative estimate of drug-likeness (QED) is 0.660. The van der Waals surface area contributed by atoms with Crippen molar-refractivity contribution < 1.29 is 9.50 Å². The molecule has 1 heterocycles. The first-order valence-corrected chi connectivity index (χ1v) is 8.45. The van der Waals surface area contributed by atoms with Crippen LogP contribution in [0.5, 0.6) is 5.75 Å². The maximum absolute atomic E-state index is 13.0. The van der Waals surface area contributed by atoms with Gasteiger partial charge in [-0.3, -0.25) is 4.99 Å². The number of phenolic OH excluding ortho intramolecular Hbond substituents is 1. The molecule has 132 valence electrons. The molecule has 1 fully saturated rings. The standard InChI is InChI=1S/C19H23FN4O/c20-16-4-6-17(7-5-16)23-10-12-24(13-11-23)19(21)22-9-8-15-2-1-3-18(25)14-15/h1-7,14,25H,8-13H2,(H2,21,22). The highest BCUT2D eigenvalue weighted by molar-refractivity contribution is 5.78. The molecular formula is C19H23FN4O. The van der Waals surface area contributed by atoms with Crippen molar-refractivity contribution >= 4 is 11.6 Å². The number of aromatic hydroxyl groups is 1. The van der Waals surface area contributed by atoms with Gasteiger partial charge in [-0.05, 0) is 48.4 Å². The molecule has 1 aliphatic rings. The minimum atomic E-state index is -0.217. The third-order valence-corrected chi connectivity index (χ3v) is 4.38. The summed E-state index contributed by atoms with van der Waals surface area (Å²) >= 11 is 0. The van der Waals surface area contributed by atoms with Crippen molar-refractivity contribution in [1.29, 1.82) is 0 Å². The van der Waals surface area contributed by atoms with E-state index in [0.717, 1.165) is 43.9 Å². The van der Waals surface area contributed by atoms with Gasteiger partial charge in [-0.15, -0.1) is 0 Å². The van der Waals surface area contributed by atoms with Crippen LogP contribution in [0.4, 0.5) is 10.1 Å². The molecule has 0 aliphatic carbocycles. The van der Waals surface area contributed by atoms with E-state index in [1.807, 2.05) is 12.1 Å². The summed E-state index contributed by atoms with van der Waals surface area (Å²) in [5, 5.41) is 9.47. The van der Waals surface area contributed by atoms with Crippen molar-refractivity contribution in [3.05, 3.63) is 59.9 Å². The molecule has 0 spiro atoms. The zero-order valence-corrected chi connectivity index (χ0v) is 14.1. The topological polar surface area (TPSA) is 65.1 Å². The number of guanidine groups is 1. The van der Waals surface area contributed by atoms with E-state index in [0.29, 0.717) is 12.5 Å². The van der Waals surface area contributed by atoms with Gasteiger partial charge in [0.05, 0.1) is 0 Å². The van der Waals surface area contributed by atoms with E-state index in [2.05, 4.69) is 14.8 Å². The van der Waals surface area contributed by atoms with E-state index in [-0.39, 0.29) is 11.6 Å². The molecule has 0 amide bonds. The Morgan fingerprint density at radius 2 is 1.80 bits per heavy atom. The maximum Gasteiger partial charge on any atom is 0.191 e. The third-order valence-electron chi connectivity index (χ3n) is 4.38. The Balaban J connectivity index is 1.49. The number of nitrogens with zero attached hydrogens (tertiary/aromatic N) is 3. The predicted octanol–water partition coefficient (Wildman–Crippen LogP) is 2.21. The molecule has 1 saturated heterocycles. The molecule has 1 aliphatic heterocycles. The second kappa shape index (κ2) is 7.88. The third kappa shape index (κ3) is 4.62. The summed E-state index contributed by atoms with van der Waals surface area (Å²) in [4.78, 5) is 8.74. The summed E-state index contributed by atoms with van der Waals surface area (Å²) in [6, 6.07) is 13.8. The number of aliphatic imine (C=N–C) groups is 1. The Hall–Kier alpha value is -2.76. The first-order chi connectivity index (χ1) is 12.1. The number of benzene rings is 2. The van der Waals surface area contributed by atoms with Gasteiger partial charge >= 0.3 is 0 Å². The van der Waals surface area contributed by atoms with Crippen LogP contribution < -0.4 is 10.6 Å². The normalized spacial score (nSPS) is 15.5. The Morgan fingerprint density at radius 1 is 1.08 bits per heavy atom. The van der Waals surface area contributed by atoms with Gasteiger partial charge in [0.25, 0.3) is 0 Å². The molecule has 0 atom stereocenters. The number of nitrogens with two attached hydrogens (primary N) is 1. The Kier molecular flexibility index (Phi) is 5.38. The lowest BCUT2D eigenvalue weighted by molar-refractivity contribution is 0.381. The maximum atomic E-state index is 13.0. The van der Waals surface area contributed by atoms with Crippen LogP contribution in [-0.4, -0.2) is 48.7 Å². The van der Waals surface area contributed by atoms with Gasteiger partial charge in [0, 0.05) is 38.4 Å². The lowest BCUT2D eigenvalue weighted by Crippen LogP contribution is -2.51. The van der Waals surface area contributed by atoms with Gasteiger partial charge in [0.1, 0.15) is 11.6 Å². The summed E-state index contributed by atoms with van der Waals surface area (Å²) in [6.45, 7) is 3.83. The van der Waals surface area contributed by atoms with E-state index in [4.69, 9.17) is 5.73 Å². The van der Waals surface area contributed by atoms with Gasteiger partial charge in [0.15, 0.2) is 5.96 Å². The summed E-state index contributed by atoms with van der Waals surface area (Å²) in [6.07, 6.45) is 0.741. The average Bonchev–Trinajstić information content (AvgIpc) is 2.62. The molecule has 3 N–H and O–H groups in total. The second-order valence-electron chi connectivity index (χ2n) is 6.11. The van der Waals surface area contributed by atoms with Crippen molar-refractivity contribution in [1.82, 2.24) is 4.90 Å². The number of hydrogen-bond donors (Lipinski definition) is 2. The fourth-order valence-corrected chi connectivity index (χ4v) is 2.96. The van der Waals surface area contributed by atoms with Gasteiger partial charge in [0.2, 0.25) is 0 Å². The van der Waals surface area contributed by atoms with Crippen molar-refractivity contribution in [2.45, 2.75) is 6.42 Å². The van der Waals surface area contributed by atoms with E-state index in [9.17, 15) is 9.50 Å². The summed E-state index contributed by atoms with van der Waals surface area (Å²) in [5.41, 5.74) is 8.17. The van der Waals surface area contributed by atoms with Gasteiger partial charge < -0.3 is 20.6 Å². The molecule has 2 aromatic rings. The predicted molar refractivity (Wildman–Crippen MR) is 98.5 cm³/mol. The monoisotopic (exact) mass is 342 g/mol. The van der Waals surface area contributed by atoms with Crippen molar-refractivity contribution in [3.8, 4) is 5.75 Å². The van der Waals surface area contributed by atoms with E-state index in [1.54, 1.807) is 24.3 Å². The molecule has 0 radical (unpaired) electrons.